The second kappa shape index (κ2) is 7.19. The van der Waals surface area contributed by atoms with E-state index in [1.165, 1.54) is 12.7 Å². The van der Waals surface area contributed by atoms with Crippen LogP contribution in [-0.4, -0.2) is 26.2 Å². The molecule has 0 atom stereocenters. The molecule has 0 spiro atoms. The fraction of sp³-hybridized carbons (Fsp3) is 0.417. The van der Waals surface area contributed by atoms with Crippen molar-refractivity contribution >= 4 is 17.3 Å². The number of hydrogen-bond donors (Lipinski definition) is 1. The molecule has 16 heavy (non-hydrogen) atoms. The summed E-state index contributed by atoms with van der Waals surface area (Å²) in [5, 5.41) is 7.48. The molecule has 0 bridgehead atoms. The second-order valence-electron chi connectivity index (χ2n) is 3.46. The molecule has 0 fully saturated rings. The maximum absolute atomic E-state index is 11.0. The first kappa shape index (κ1) is 12.9. The molecular formula is C12H17NO2S. The third kappa shape index (κ3) is 4.59. The molecule has 0 saturated carbocycles. The summed E-state index contributed by atoms with van der Waals surface area (Å²) in [6.45, 7) is 3.37. The lowest BCUT2D eigenvalue weighted by atomic mass is 10.2. The highest BCUT2D eigenvalue weighted by Gasteiger charge is 2.00. The van der Waals surface area contributed by atoms with Crippen molar-refractivity contribution in [1.29, 1.82) is 0 Å². The molecule has 0 aliphatic carbocycles. The fourth-order valence-electron chi connectivity index (χ4n) is 1.24. The minimum absolute atomic E-state index is 0.264. The highest BCUT2D eigenvalue weighted by molar-refractivity contribution is 7.07. The van der Waals surface area contributed by atoms with E-state index in [1.54, 1.807) is 18.3 Å². The largest absolute Gasteiger partial charge is 0.466 e. The number of carbonyl (C=O) groups is 1. The molecule has 1 N–H and O–H groups in total. The normalized spacial score (nSPS) is 11.5. The van der Waals surface area contributed by atoms with E-state index in [4.69, 9.17) is 0 Å². The molecule has 88 valence electrons. The minimum Gasteiger partial charge on any atom is -0.466 e. The summed E-state index contributed by atoms with van der Waals surface area (Å²) in [5.41, 5.74) is 2.00. The molecule has 1 heterocycles. The number of rotatable bonds is 6. The zero-order valence-corrected chi connectivity index (χ0v) is 10.5. The van der Waals surface area contributed by atoms with Crippen molar-refractivity contribution in [2.24, 2.45) is 0 Å². The molecule has 1 rings (SSSR count). The number of methoxy groups -OCH3 is 1. The SMILES string of the molecule is COC(=O)/C(C)=C/CNCCc1ccsc1. The van der Waals surface area contributed by atoms with E-state index >= 15 is 0 Å². The third-order valence-electron chi connectivity index (χ3n) is 2.23. The van der Waals surface area contributed by atoms with E-state index in [9.17, 15) is 4.79 Å². The van der Waals surface area contributed by atoms with Crippen LogP contribution in [0.4, 0.5) is 0 Å². The van der Waals surface area contributed by atoms with Crippen molar-refractivity contribution in [1.82, 2.24) is 5.32 Å². The molecule has 0 radical (unpaired) electrons. The molecular weight excluding hydrogens is 222 g/mol. The Morgan fingerprint density at radius 2 is 2.44 bits per heavy atom. The molecule has 1 aromatic rings. The Bertz CT molecular complexity index is 344. The van der Waals surface area contributed by atoms with Crippen LogP contribution in [0, 0.1) is 0 Å². The zero-order chi connectivity index (χ0) is 11.8. The lowest BCUT2D eigenvalue weighted by molar-refractivity contribution is -0.136. The van der Waals surface area contributed by atoms with E-state index in [0.29, 0.717) is 12.1 Å². The topological polar surface area (TPSA) is 38.3 Å². The highest BCUT2D eigenvalue weighted by Crippen LogP contribution is 2.05. The zero-order valence-electron chi connectivity index (χ0n) is 9.66. The molecule has 4 heteroatoms. The van der Waals surface area contributed by atoms with Gasteiger partial charge in [0, 0.05) is 12.1 Å². The van der Waals surface area contributed by atoms with Gasteiger partial charge in [-0.1, -0.05) is 6.08 Å². The predicted octanol–water partition coefficient (Wildman–Crippen LogP) is 2.00. The number of nitrogens with one attached hydrogen (secondary N) is 1. The van der Waals surface area contributed by atoms with Gasteiger partial charge in [-0.15, -0.1) is 0 Å². The minimum atomic E-state index is -0.264. The second-order valence-corrected chi connectivity index (χ2v) is 4.24. The number of esters is 1. The maximum Gasteiger partial charge on any atom is 0.333 e. The lowest BCUT2D eigenvalue weighted by Gasteiger charge is -2.01. The van der Waals surface area contributed by atoms with Gasteiger partial charge in [-0.2, -0.15) is 11.3 Å². The van der Waals surface area contributed by atoms with E-state index in [2.05, 4.69) is 26.9 Å². The van der Waals surface area contributed by atoms with Gasteiger partial charge >= 0.3 is 5.97 Å². The van der Waals surface area contributed by atoms with Crippen LogP contribution in [-0.2, 0) is 16.0 Å². The molecule has 0 saturated heterocycles. The molecule has 3 nitrogen and oxygen atoms in total. The van der Waals surface area contributed by atoms with Gasteiger partial charge in [0.15, 0.2) is 0 Å². The van der Waals surface area contributed by atoms with Crippen LogP contribution in [0.3, 0.4) is 0 Å². The van der Waals surface area contributed by atoms with Crippen molar-refractivity contribution in [3.05, 3.63) is 34.0 Å². The van der Waals surface area contributed by atoms with Gasteiger partial charge in [-0.3, -0.25) is 0 Å². The average Bonchev–Trinajstić information content (AvgIpc) is 2.80. The van der Waals surface area contributed by atoms with Crippen LogP contribution in [0.5, 0.6) is 0 Å². The summed E-state index contributed by atoms with van der Waals surface area (Å²) in [4.78, 5) is 11.0. The summed E-state index contributed by atoms with van der Waals surface area (Å²) in [6, 6.07) is 2.13. The Morgan fingerprint density at radius 1 is 1.62 bits per heavy atom. The predicted molar refractivity (Wildman–Crippen MR) is 66.7 cm³/mol. The Balaban J connectivity index is 2.14. The van der Waals surface area contributed by atoms with Crippen LogP contribution in [0.15, 0.2) is 28.5 Å². The van der Waals surface area contributed by atoms with Gasteiger partial charge in [-0.05, 0) is 42.3 Å². The highest BCUT2D eigenvalue weighted by atomic mass is 32.1. The van der Waals surface area contributed by atoms with Crippen molar-refractivity contribution in [2.45, 2.75) is 13.3 Å². The molecule has 0 unspecified atom stereocenters. The Hall–Kier alpha value is -1.13. The molecule has 1 aromatic heterocycles. The Labute approximate surface area is 100 Å². The van der Waals surface area contributed by atoms with Crippen LogP contribution >= 0.6 is 11.3 Å². The summed E-state index contributed by atoms with van der Waals surface area (Å²) < 4.78 is 4.59. The summed E-state index contributed by atoms with van der Waals surface area (Å²) in [7, 11) is 1.39. The Morgan fingerprint density at radius 3 is 3.06 bits per heavy atom. The number of ether oxygens (including phenoxy) is 1. The van der Waals surface area contributed by atoms with Crippen molar-refractivity contribution in [2.75, 3.05) is 20.2 Å². The van der Waals surface area contributed by atoms with Gasteiger partial charge in [0.1, 0.15) is 0 Å². The van der Waals surface area contributed by atoms with E-state index in [-0.39, 0.29) is 5.97 Å². The third-order valence-corrected chi connectivity index (χ3v) is 2.96. The van der Waals surface area contributed by atoms with Crippen molar-refractivity contribution in [3.63, 3.8) is 0 Å². The van der Waals surface area contributed by atoms with Gasteiger partial charge in [0.2, 0.25) is 0 Å². The van der Waals surface area contributed by atoms with Gasteiger partial charge in [0.05, 0.1) is 7.11 Å². The summed E-state index contributed by atoms with van der Waals surface area (Å²) in [6.07, 6.45) is 2.87. The van der Waals surface area contributed by atoms with Crippen LogP contribution in [0.2, 0.25) is 0 Å². The van der Waals surface area contributed by atoms with Crippen molar-refractivity contribution < 1.29 is 9.53 Å². The molecule has 0 aromatic carbocycles. The monoisotopic (exact) mass is 239 g/mol. The number of hydrogen-bond acceptors (Lipinski definition) is 4. The summed E-state index contributed by atoms with van der Waals surface area (Å²) >= 11 is 1.71. The quantitative estimate of drug-likeness (QED) is 0.469. The first-order valence-corrected chi connectivity index (χ1v) is 6.15. The fourth-order valence-corrected chi connectivity index (χ4v) is 1.94. The average molecular weight is 239 g/mol. The molecule has 0 aliphatic rings. The number of thiophene rings is 1. The summed E-state index contributed by atoms with van der Waals surface area (Å²) in [5.74, 6) is -0.264. The van der Waals surface area contributed by atoms with E-state index < -0.39 is 0 Å². The lowest BCUT2D eigenvalue weighted by Crippen LogP contribution is -2.17. The first-order chi connectivity index (χ1) is 7.74. The van der Waals surface area contributed by atoms with E-state index in [1.807, 2.05) is 6.08 Å². The van der Waals surface area contributed by atoms with Crippen LogP contribution in [0.1, 0.15) is 12.5 Å². The first-order valence-electron chi connectivity index (χ1n) is 5.21. The number of carbonyl (C=O) groups excluding carboxylic acids is 1. The smallest absolute Gasteiger partial charge is 0.333 e. The van der Waals surface area contributed by atoms with Gasteiger partial charge in [-0.25, -0.2) is 4.79 Å². The molecule has 0 amide bonds. The van der Waals surface area contributed by atoms with Crippen molar-refractivity contribution in [3.8, 4) is 0 Å². The molecule has 0 aliphatic heterocycles. The van der Waals surface area contributed by atoms with Crippen LogP contribution < -0.4 is 5.32 Å². The van der Waals surface area contributed by atoms with E-state index in [0.717, 1.165) is 13.0 Å². The van der Waals surface area contributed by atoms with Gasteiger partial charge < -0.3 is 10.1 Å². The van der Waals surface area contributed by atoms with Crippen LogP contribution in [0.25, 0.3) is 0 Å². The Kier molecular flexibility index (Phi) is 5.82. The maximum atomic E-state index is 11.0. The standard InChI is InChI=1S/C12H17NO2S/c1-10(12(14)15-2)3-6-13-7-4-11-5-8-16-9-11/h3,5,8-9,13H,4,6-7H2,1-2H3/b10-3+. The van der Waals surface area contributed by atoms with Gasteiger partial charge in [0.25, 0.3) is 0 Å².